The summed E-state index contributed by atoms with van der Waals surface area (Å²) in [6, 6.07) is 17.3. The van der Waals surface area contributed by atoms with Gasteiger partial charge in [-0.05, 0) is 51.7 Å². The second-order valence-electron chi connectivity index (χ2n) is 7.26. The lowest BCUT2D eigenvalue weighted by atomic mass is 10.1. The first-order valence-electron chi connectivity index (χ1n) is 9.53. The molecule has 0 bridgehead atoms. The number of aromatic nitrogens is 2. The van der Waals surface area contributed by atoms with Crippen LogP contribution < -0.4 is 5.32 Å². The lowest BCUT2D eigenvalue weighted by Gasteiger charge is -2.09. The van der Waals surface area contributed by atoms with Crippen LogP contribution in [-0.4, -0.2) is 42.3 Å². The molecule has 0 saturated carbocycles. The van der Waals surface area contributed by atoms with Crippen LogP contribution in [0.1, 0.15) is 18.4 Å². The lowest BCUT2D eigenvalue weighted by molar-refractivity contribution is 0.391. The van der Waals surface area contributed by atoms with Gasteiger partial charge in [0.05, 0.1) is 10.2 Å². The second kappa shape index (κ2) is 8.21. The fourth-order valence-corrected chi connectivity index (χ4v) is 4.54. The molecule has 2 heterocycles. The standard InChI is InChI=1S/C22H26N4S/c1-26(2)14-6-5-13-23-15-16-9-11-17(12-10-16)20-22-21(25-24-20)18-7-3-4-8-19(18)27-22/h3-4,7-12,23H,5-6,13-15H2,1-2H3,(H,24,25). The van der Waals surface area contributed by atoms with Crippen LogP contribution in [0.4, 0.5) is 0 Å². The van der Waals surface area contributed by atoms with Crippen molar-refractivity contribution >= 4 is 31.6 Å². The van der Waals surface area contributed by atoms with Gasteiger partial charge in [0, 0.05) is 22.2 Å². The molecule has 0 radical (unpaired) electrons. The number of nitrogens with zero attached hydrogens (tertiary/aromatic N) is 2. The van der Waals surface area contributed by atoms with E-state index in [1.54, 1.807) is 0 Å². The molecule has 2 aromatic heterocycles. The molecule has 4 nitrogen and oxygen atoms in total. The Morgan fingerprint density at radius 2 is 1.85 bits per heavy atom. The van der Waals surface area contributed by atoms with Crippen molar-refractivity contribution in [3.8, 4) is 11.3 Å². The van der Waals surface area contributed by atoms with Crippen LogP contribution in [-0.2, 0) is 6.54 Å². The molecular formula is C22H26N4S. The zero-order valence-corrected chi connectivity index (χ0v) is 16.8. The molecule has 27 heavy (non-hydrogen) atoms. The molecule has 0 aliphatic rings. The predicted octanol–water partition coefficient (Wildman–Crippen LogP) is 4.88. The minimum Gasteiger partial charge on any atom is -0.313 e. The molecule has 2 aromatic carbocycles. The van der Waals surface area contributed by atoms with Crippen LogP contribution in [0.3, 0.4) is 0 Å². The van der Waals surface area contributed by atoms with E-state index in [1.165, 1.54) is 38.8 Å². The van der Waals surface area contributed by atoms with Gasteiger partial charge in [-0.25, -0.2) is 0 Å². The molecule has 5 heteroatoms. The first-order valence-corrected chi connectivity index (χ1v) is 10.3. The van der Waals surface area contributed by atoms with Crippen LogP contribution in [0.15, 0.2) is 48.5 Å². The monoisotopic (exact) mass is 378 g/mol. The Labute approximate surface area is 164 Å². The summed E-state index contributed by atoms with van der Waals surface area (Å²) in [5.41, 5.74) is 4.68. The van der Waals surface area contributed by atoms with E-state index in [4.69, 9.17) is 0 Å². The molecule has 0 saturated heterocycles. The smallest absolute Gasteiger partial charge is 0.110 e. The number of hydrogen-bond acceptors (Lipinski definition) is 4. The van der Waals surface area contributed by atoms with Crippen molar-refractivity contribution in [3.63, 3.8) is 0 Å². The number of aromatic amines is 1. The van der Waals surface area contributed by atoms with E-state index in [1.807, 2.05) is 11.3 Å². The summed E-state index contributed by atoms with van der Waals surface area (Å²) < 4.78 is 2.54. The van der Waals surface area contributed by atoms with Crippen molar-refractivity contribution in [1.29, 1.82) is 0 Å². The van der Waals surface area contributed by atoms with E-state index in [0.29, 0.717) is 0 Å². The van der Waals surface area contributed by atoms with E-state index >= 15 is 0 Å². The molecule has 2 N–H and O–H groups in total. The summed E-state index contributed by atoms with van der Waals surface area (Å²) >= 11 is 1.81. The molecule has 4 rings (SSSR count). The van der Waals surface area contributed by atoms with Crippen LogP contribution >= 0.6 is 11.3 Å². The molecule has 0 spiro atoms. The van der Waals surface area contributed by atoms with E-state index < -0.39 is 0 Å². The Balaban J connectivity index is 1.41. The molecule has 4 aromatic rings. The summed E-state index contributed by atoms with van der Waals surface area (Å²) in [5, 5.41) is 12.6. The zero-order chi connectivity index (χ0) is 18.6. The average molecular weight is 379 g/mol. The maximum Gasteiger partial charge on any atom is 0.110 e. The van der Waals surface area contributed by atoms with Gasteiger partial charge in [-0.2, -0.15) is 5.10 Å². The fraction of sp³-hybridized carbons (Fsp3) is 0.318. The number of unbranched alkanes of at least 4 members (excludes halogenated alkanes) is 1. The summed E-state index contributed by atoms with van der Waals surface area (Å²) in [6.45, 7) is 3.14. The van der Waals surface area contributed by atoms with E-state index in [2.05, 4.69) is 83.0 Å². The SMILES string of the molecule is CN(C)CCCCNCc1ccc(-c2n[nH]c3c2sc2ccccc23)cc1. The topological polar surface area (TPSA) is 44.0 Å². The van der Waals surface area contributed by atoms with Crippen LogP contribution in [0, 0.1) is 0 Å². The van der Waals surface area contributed by atoms with Crippen molar-refractivity contribution in [1.82, 2.24) is 20.4 Å². The number of thiophene rings is 1. The minimum atomic E-state index is 0.918. The molecule has 0 unspecified atom stereocenters. The summed E-state index contributed by atoms with van der Waals surface area (Å²) in [7, 11) is 4.25. The molecular weight excluding hydrogens is 352 g/mol. The highest BCUT2D eigenvalue weighted by Crippen LogP contribution is 2.38. The van der Waals surface area contributed by atoms with Gasteiger partial charge in [0.1, 0.15) is 5.69 Å². The largest absolute Gasteiger partial charge is 0.313 e. The third kappa shape index (κ3) is 4.05. The number of H-pyrrole nitrogens is 1. The van der Waals surface area contributed by atoms with Gasteiger partial charge in [-0.3, -0.25) is 5.10 Å². The van der Waals surface area contributed by atoms with E-state index in [9.17, 15) is 0 Å². The van der Waals surface area contributed by atoms with Crippen molar-refractivity contribution in [2.45, 2.75) is 19.4 Å². The number of fused-ring (bicyclic) bond motifs is 3. The quantitative estimate of drug-likeness (QED) is 0.430. The number of nitrogens with one attached hydrogen (secondary N) is 2. The van der Waals surface area contributed by atoms with Crippen LogP contribution in [0.25, 0.3) is 31.6 Å². The average Bonchev–Trinajstić information content (AvgIpc) is 3.24. The zero-order valence-electron chi connectivity index (χ0n) is 16.0. The van der Waals surface area contributed by atoms with Crippen molar-refractivity contribution in [2.24, 2.45) is 0 Å². The van der Waals surface area contributed by atoms with Crippen molar-refractivity contribution < 1.29 is 0 Å². The van der Waals surface area contributed by atoms with Crippen LogP contribution in [0.2, 0.25) is 0 Å². The first-order chi connectivity index (χ1) is 13.2. The Bertz CT molecular complexity index is 1010. The summed E-state index contributed by atoms with van der Waals surface area (Å²) in [4.78, 5) is 2.24. The highest BCUT2D eigenvalue weighted by Gasteiger charge is 2.13. The maximum atomic E-state index is 4.58. The summed E-state index contributed by atoms with van der Waals surface area (Å²) in [6.07, 6.45) is 2.46. The Kier molecular flexibility index (Phi) is 5.53. The van der Waals surface area contributed by atoms with Gasteiger partial charge in [-0.1, -0.05) is 42.5 Å². The molecule has 0 aliphatic heterocycles. The predicted molar refractivity (Wildman–Crippen MR) is 116 cm³/mol. The van der Waals surface area contributed by atoms with E-state index in [0.717, 1.165) is 30.8 Å². The van der Waals surface area contributed by atoms with E-state index in [-0.39, 0.29) is 0 Å². The minimum absolute atomic E-state index is 0.918. The lowest BCUT2D eigenvalue weighted by Crippen LogP contribution is -2.18. The third-order valence-electron chi connectivity index (χ3n) is 4.86. The first kappa shape index (κ1) is 18.2. The van der Waals surface area contributed by atoms with Gasteiger partial charge in [0.2, 0.25) is 0 Å². The molecule has 0 aliphatic carbocycles. The molecule has 0 fully saturated rings. The highest BCUT2D eigenvalue weighted by molar-refractivity contribution is 7.26. The van der Waals surface area contributed by atoms with Crippen LogP contribution in [0.5, 0.6) is 0 Å². The fourth-order valence-electron chi connectivity index (χ4n) is 3.37. The van der Waals surface area contributed by atoms with Crippen molar-refractivity contribution in [2.75, 3.05) is 27.2 Å². The molecule has 140 valence electrons. The molecule has 0 amide bonds. The Morgan fingerprint density at radius 3 is 2.67 bits per heavy atom. The third-order valence-corrected chi connectivity index (χ3v) is 6.03. The normalized spacial score (nSPS) is 11.8. The molecule has 0 atom stereocenters. The van der Waals surface area contributed by atoms with Crippen molar-refractivity contribution in [3.05, 3.63) is 54.1 Å². The highest BCUT2D eigenvalue weighted by atomic mass is 32.1. The van der Waals surface area contributed by atoms with Gasteiger partial charge < -0.3 is 10.2 Å². The Hall–Kier alpha value is -2.21. The second-order valence-corrected chi connectivity index (χ2v) is 8.31. The van der Waals surface area contributed by atoms with Gasteiger partial charge in [0.15, 0.2) is 0 Å². The summed E-state index contributed by atoms with van der Waals surface area (Å²) in [5.74, 6) is 0. The van der Waals surface area contributed by atoms with Gasteiger partial charge >= 0.3 is 0 Å². The Morgan fingerprint density at radius 1 is 1.04 bits per heavy atom. The van der Waals surface area contributed by atoms with Gasteiger partial charge in [-0.15, -0.1) is 11.3 Å². The maximum absolute atomic E-state index is 4.58. The number of hydrogen-bond donors (Lipinski definition) is 2. The van der Waals surface area contributed by atoms with Gasteiger partial charge in [0.25, 0.3) is 0 Å². The number of rotatable bonds is 8. The number of benzene rings is 2.